The molecule has 0 unspecified atom stereocenters. The summed E-state index contributed by atoms with van der Waals surface area (Å²) in [4.78, 5) is 18.3. The van der Waals surface area contributed by atoms with Gasteiger partial charge in [-0.25, -0.2) is 9.67 Å². The highest BCUT2D eigenvalue weighted by Gasteiger charge is 2.19. The molecule has 31 heavy (non-hydrogen) atoms. The van der Waals surface area contributed by atoms with Crippen LogP contribution in [0.15, 0.2) is 42.5 Å². The van der Waals surface area contributed by atoms with Gasteiger partial charge in [0.15, 0.2) is 10.8 Å². The Kier molecular flexibility index (Phi) is 6.29. The third-order valence-electron chi connectivity index (χ3n) is 4.62. The average molecular weight is 493 g/mol. The van der Waals surface area contributed by atoms with Gasteiger partial charge in [-0.2, -0.15) is 0 Å². The Morgan fingerprint density at radius 1 is 1.10 bits per heavy atom. The lowest BCUT2D eigenvalue weighted by Gasteiger charge is -2.04. The Morgan fingerprint density at radius 3 is 2.65 bits per heavy atom. The second-order valence-electron chi connectivity index (χ2n) is 6.82. The van der Waals surface area contributed by atoms with Gasteiger partial charge in [0.1, 0.15) is 0 Å². The number of carbonyl (C=O) groups excluding carboxylic acids is 1. The van der Waals surface area contributed by atoms with Crippen LogP contribution >= 0.6 is 46.1 Å². The molecule has 0 saturated heterocycles. The number of thiazole rings is 1. The minimum Gasteiger partial charge on any atom is -0.296 e. The molecule has 1 amide bonds. The van der Waals surface area contributed by atoms with Crippen LogP contribution in [-0.4, -0.2) is 25.9 Å². The van der Waals surface area contributed by atoms with Gasteiger partial charge in [-0.05, 0) is 49.7 Å². The number of aryl methyl sites for hydroxylation is 1. The molecule has 1 N–H and O–H groups in total. The van der Waals surface area contributed by atoms with Crippen molar-refractivity contribution in [1.82, 2.24) is 20.0 Å². The summed E-state index contributed by atoms with van der Waals surface area (Å²) in [5.74, 6) is -0.374. The first-order valence-electron chi connectivity index (χ1n) is 9.21. The number of amides is 1. The number of hydrogen-bond donors (Lipinski definition) is 1. The van der Waals surface area contributed by atoms with E-state index in [1.807, 2.05) is 31.2 Å². The van der Waals surface area contributed by atoms with Crippen molar-refractivity contribution in [2.45, 2.75) is 20.3 Å². The molecule has 2 aromatic carbocycles. The number of nitrogens with zero attached hydrogens (tertiary/aromatic N) is 4. The first-order chi connectivity index (χ1) is 14.8. The lowest BCUT2D eigenvalue weighted by Crippen LogP contribution is -2.14. The highest BCUT2D eigenvalue weighted by molar-refractivity contribution is 7.15. The maximum absolute atomic E-state index is 12.8. The fourth-order valence-corrected chi connectivity index (χ4v) is 4.53. The van der Waals surface area contributed by atoms with E-state index in [0.29, 0.717) is 32.3 Å². The monoisotopic (exact) mass is 491 g/mol. The Hall–Kier alpha value is -2.45. The molecule has 2 heterocycles. The average Bonchev–Trinajstić information content (AvgIpc) is 3.27. The van der Waals surface area contributed by atoms with Crippen molar-refractivity contribution >= 4 is 57.2 Å². The summed E-state index contributed by atoms with van der Waals surface area (Å²) in [5, 5.41) is 13.0. The summed E-state index contributed by atoms with van der Waals surface area (Å²) < 4.78 is 1.57. The molecule has 4 aromatic rings. The van der Waals surface area contributed by atoms with Crippen molar-refractivity contribution < 1.29 is 4.79 Å². The summed E-state index contributed by atoms with van der Waals surface area (Å²) in [6.45, 7) is 3.68. The second kappa shape index (κ2) is 8.96. The van der Waals surface area contributed by atoms with E-state index in [0.717, 1.165) is 21.8 Å². The largest absolute Gasteiger partial charge is 0.296 e. The number of benzene rings is 2. The molecule has 0 aliphatic rings. The van der Waals surface area contributed by atoms with Crippen molar-refractivity contribution in [3.8, 4) is 5.69 Å². The van der Waals surface area contributed by atoms with E-state index in [1.165, 1.54) is 11.3 Å². The van der Waals surface area contributed by atoms with E-state index < -0.39 is 0 Å². The highest BCUT2D eigenvalue weighted by atomic mass is 35.5. The molecule has 0 saturated carbocycles. The molecule has 0 radical (unpaired) electrons. The van der Waals surface area contributed by atoms with Gasteiger partial charge in [0.25, 0.3) is 5.91 Å². The Bertz CT molecular complexity index is 1280. The zero-order valence-electron chi connectivity index (χ0n) is 16.5. The number of halogens is 3. The van der Waals surface area contributed by atoms with Crippen LogP contribution in [0.4, 0.5) is 5.13 Å². The molecule has 2 aromatic heterocycles. The van der Waals surface area contributed by atoms with E-state index in [9.17, 15) is 4.79 Å². The van der Waals surface area contributed by atoms with Gasteiger partial charge in [0.05, 0.1) is 27.1 Å². The van der Waals surface area contributed by atoms with Crippen molar-refractivity contribution in [1.29, 1.82) is 0 Å². The predicted molar refractivity (Wildman–Crippen MR) is 125 cm³/mol. The SMILES string of the molecule is Cc1nc(NC(=O)c2nnn(-c3cccc(Cl)c3)c2C)sc1Cc1ccc(Cl)c(Cl)c1. The predicted octanol–water partition coefficient (Wildman–Crippen LogP) is 6.14. The van der Waals surface area contributed by atoms with Gasteiger partial charge < -0.3 is 0 Å². The highest BCUT2D eigenvalue weighted by Crippen LogP contribution is 2.29. The zero-order valence-corrected chi connectivity index (χ0v) is 19.6. The van der Waals surface area contributed by atoms with Gasteiger partial charge in [-0.1, -0.05) is 52.1 Å². The van der Waals surface area contributed by atoms with E-state index >= 15 is 0 Å². The fourth-order valence-electron chi connectivity index (χ4n) is 3.03. The number of nitrogens with one attached hydrogen (secondary N) is 1. The standard InChI is InChI=1S/C21H16Cl3N5OS/c1-11-18(9-13-6-7-16(23)17(24)8-13)31-21(25-11)26-20(30)19-12(2)29(28-27-19)15-5-3-4-14(22)10-15/h3-8,10H,9H2,1-2H3,(H,25,26,30). The second-order valence-corrected chi connectivity index (χ2v) is 9.16. The first-order valence-corrected chi connectivity index (χ1v) is 11.2. The molecular weight excluding hydrogens is 477 g/mol. The van der Waals surface area contributed by atoms with Crippen LogP contribution in [0.1, 0.15) is 32.3 Å². The molecule has 0 aliphatic heterocycles. The summed E-state index contributed by atoms with van der Waals surface area (Å²) in [6, 6.07) is 12.7. The summed E-state index contributed by atoms with van der Waals surface area (Å²) in [6.07, 6.45) is 0.639. The van der Waals surface area contributed by atoms with Gasteiger partial charge in [0, 0.05) is 16.3 Å². The smallest absolute Gasteiger partial charge is 0.279 e. The zero-order chi connectivity index (χ0) is 22.1. The van der Waals surface area contributed by atoms with E-state index in [2.05, 4.69) is 20.6 Å². The normalized spacial score (nSPS) is 11.0. The van der Waals surface area contributed by atoms with Crippen molar-refractivity contribution in [2.75, 3.05) is 5.32 Å². The van der Waals surface area contributed by atoms with E-state index in [4.69, 9.17) is 34.8 Å². The Labute approximate surface area is 197 Å². The topological polar surface area (TPSA) is 72.7 Å². The number of hydrogen-bond acceptors (Lipinski definition) is 5. The number of aromatic nitrogens is 4. The lowest BCUT2D eigenvalue weighted by molar-refractivity contribution is 0.102. The number of rotatable bonds is 5. The van der Waals surface area contributed by atoms with Gasteiger partial charge in [-0.3, -0.25) is 10.1 Å². The van der Waals surface area contributed by atoms with E-state index in [1.54, 1.807) is 29.8 Å². The minimum atomic E-state index is -0.374. The molecule has 4 rings (SSSR count). The quantitative estimate of drug-likeness (QED) is 0.363. The summed E-state index contributed by atoms with van der Waals surface area (Å²) >= 11 is 19.6. The van der Waals surface area contributed by atoms with Crippen molar-refractivity contribution in [3.05, 3.63) is 85.1 Å². The molecule has 0 spiro atoms. The molecule has 0 fully saturated rings. The van der Waals surface area contributed by atoms with Crippen LogP contribution < -0.4 is 5.32 Å². The maximum atomic E-state index is 12.8. The molecule has 10 heteroatoms. The maximum Gasteiger partial charge on any atom is 0.279 e. The van der Waals surface area contributed by atoms with Crippen LogP contribution in [0.2, 0.25) is 15.1 Å². The van der Waals surface area contributed by atoms with Crippen LogP contribution in [0.5, 0.6) is 0 Å². The minimum absolute atomic E-state index is 0.221. The molecule has 0 bridgehead atoms. The van der Waals surface area contributed by atoms with Crippen LogP contribution in [0.25, 0.3) is 5.69 Å². The lowest BCUT2D eigenvalue weighted by atomic mass is 10.1. The van der Waals surface area contributed by atoms with Crippen molar-refractivity contribution in [3.63, 3.8) is 0 Å². The molecular formula is C21H16Cl3N5OS. The number of carbonyl (C=O) groups is 1. The molecule has 0 atom stereocenters. The van der Waals surface area contributed by atoms with Gasteiger partial charge in [-0.15, -0.1) is 16.4 Å². The summed E-state index contributed by atoms with van der Waals surface area (Å²) in [7, 11) is 0. The van der Waals surface area contributed by atoms with Gasteiger partial charge in [0.2, 0.25) is 0 Å². The molecule has 0 aliphatic carbocycles. The van der Waals surface area contributed by atoms with Gasteiger partial charge >= 0.3 is 0 Å². The first kappa shape index (κ1) is 21.8. The third-order valence-corrected chi connectivity index (χ3v) is 6.67. The fraction of sp³-hybridized carbons (Fsp3) is 0.143. The summed E-state index contributed by atoms with van der Waals surface area (Å²) in [5.41, 5.74) is 3.40. The molecule has 6 nitrogen and oxygen atoms in total. The third kappa shape index (κ3) is 4.75. The number of anilines is 1. The molecule has 158 valence electrons. The van der Waals surface area contributed by atoms with Crippen LogP contribution in [-0.2, 0) is 6.42 Å². The Morgan fingerprint density at radius 2 is 1.90 bits per heavy atom. The van der Waals surface area contributed by atoms with Crippen LogP contribution in [0, 0.1) is 13.8 Å². The van der Waals surface area contributed by atoms with Crippen molar-refractivity contribution in [2.24, 2.45) is 0 Å². The van der Waals surface area contributed by atoms with E-state index in [-0.39, 0.29) is 11.6 Å². The Balaban J connectivity index is 1.52. The van der Waals surface area contributed by atoms with Crippen LogP contribution in [0.3, 0.4) is 0 Å².